The highest BCUT2D eigenvalue weighted by Crippen LogP contribution is 2.54. The van der Waals surface area contributed by atoms with Gasteiger partial charge < -0.3 is 9.30 Å². The second-order valence-electron chi connectivity index (χ2n) is 8.96. The van der Waals surface area contributed by atoms with E-state index in [1.807, 2.05) is 25.3 Å². The standard InChI is InChI=1S/C26H27FN2O2/c1-5-31-26(30)20-11-19(20)24-21-9-16-12-28-13-17(16)10-23(21)29(25(24)14(2)3)18-6-7-22(27)15(4)8-18/h6-10,13-14,19-20H,5,11-12H2,1-4H3. The molecule has 0 N–H and O–H groups in total. The number of esters is 1. The van der Waals surface area contributed by atoms with E-state index in [2.05, 4.69) is 35.5 Å². The van der Waals surface area contributed by atoms with Gasteiger partial charge in [-0.15, -0.1) is 0 Å². The van der Waals surface area contributed by atoms with Crippen LogP contribution >= 0.6 is 0 Å². The number of aryl methyl sites for hydroxylation is 1. The summed E-state index contributed by atoms with van der Waals surface area (Å²) in [6.07, 6.45) is 2.74. The number of nitrogens with zero attached hydrogens (tertiary/aromatic N) is 2. The van der Waals surface area contributed by atoms with E-state index < -0.39 is 0 Å². The predicted octanol–water partition coefficient (Wildman–Crippen LogP) is 5.80. The second-order valence-corrected chi connectivity index (χ2v) is 8.96. The molecule has 0 spiro atoms. The normalized spacial score (nSPS) is 19.3. The molecule has 2 aliphatic rings. The molecule has 1 saturated carbocycles. The van der Waals surface area contributed by atoms with Crippen molar-refractivity contribution in [3.8, 4) is 5.69 Å². The van der Waals surface area contributed by atoms with Gasteiger partial charge in [0.05, 0.1) is 24.6 Å². The first kappa shape index (κ1) is 20.0. The predicted molar refractivity (Wildman–Crippen MR) is 121 cm³/mol. The van der Waals surface area contributed by atoms with Crippen molar-refractivity contribution in [1.29, 1.82) is 0 Å². The Morgan fingerprint density at radius 3 is 2.81 bits per heavy atom. The van der Waals surface area contributed by atoms with Crippen LogP contribution in [0.3, 0.4) is 0 Å². The summed E-state index contributed by atoms with van der Waals surface area (Å²) in [7, 11) is 0. The summed E-state index contributed by atoms with van der Waals surface area (Å²) < 4.78 is 21.6. The molecule has 0 amide bonds. The average Bonchev–Trinajstić information content (AvgIpc) is 3.26. The third-order valence-corrected chi connectivity index (χ3v) is 6.49. The molecular weight excluding hydrogens is 391 g/mol. The van der Waals surface area contributed by atoms with E-state index in [-0.39, 0.29) is 29.5 Å². The lowest BCUT2D eigenvalue weighted by Gasteiger charge is -2.16. The van der Waals surface area contributed by atoms with Crippen LogP contribution in [0.5, 0.6) is 0 Å². The molecule has 1 aromatic heterocycles. The van der Waals surface area contributed by atoms with Gasteiger partial charge in [0.25, 0.3) is 0 Å². The van der Waals surface area contributed by atoms with Crippen molar-refractivity contribution >= 4 is 23.1 Å². The van der Waals surface area contributed by atoms with Crippen LogP contribution in [0.1, 0.15) is 67.0 Å². The summed E-state index contributed by atoms with van der Waals surface area (Å²) in [6, 6.07) is 9.72. The second kappa shape index (κ2) is 7.33. The highest BCUT2D eigenvalue weighted by Gasteiger charge is 2.48. The zero-order valence-corrected chi connectivity index (χ0v) is 18.4. The first-order valence-electron chi connectivity index (χ1n) is 11.0. The van der Waals surface area contributed by atoms with Crippen molar-refractivity contribution < 1.29 is 13.9 Å². The Balaban J connectivity index is 1.77. The van der Waals surface area contributed by atoms with Crippen molar-refractivity contribution in [3.63, 3.8) is 0 Å². The fourth-order valence-electron chi connectivity index (χ4n) is 4.97. The maximum Gasteiger partial charge on any atom is 0.309 e. The van der Waals surface area contributed by atoms with Gasteiger partial charge in [-0.25, -0.2) is 4.39 Å². The monoisotopic (exact) mass is 418 g/mol. The fourth-order valence-corrected chi connectivity index (χ4v) is 4.97. The molecule has 5 heteroatoms. The molecular formula is C26H27FN2O2. The topological polar surface area (TPSA) is 43.6 Å². The van der Waals surface area contributed by atoms with Gasteiger partial charge >= 0.3 is 5.97 Å². The van der Waals surface area contributed by atoms with Crippen LogP contribution in [0.2, 0.25) is 0 Å². The zero-order valence-electron chi connectivity index (χ0n) is 18.4. The van der Waals surface area contributed by atoms with Crippen molar-refractivity contribution in [2.75, 3.05) is 6.61 Å². The minimum absolute atomic E-state index is 0.0871. The Hall–Kier alpha value is -2.95. The van der Waals surface area contributed by atoms with E-state index >= 15 is 0 Å². The Morgan fingerprint density at radius 1 is 1.29 bits per heavy atom. The van der Waals surface area contributed by atoms with Crippen LogP contribution in [0.25, 0.3) is 16.6 Å². The fraction of sp³-hybridized carbons (Fsp3) is 0.385. The Kier molecular flexibility index (Phi) is 4.72. The number of fused-ring (bicyclic) bond motifs is 2. The highest BCUT2D eigenvalue weighted by atomic mass is 19.1. The molecule has 2 atom stereocenters. The summed E-state index contributed by atoms with van der Waals surface area (Å²) in [4.78, 5) is 16.9. The summed E-state index contributed by atoms with van der Waals surface area (Å²) in [5.41, 5.74) is 7.43. The number of aliphatic imine (C=N–C) groups is 1. The number of rotatable bonds is 5. The van der Waals surface area contributed by atoms with Gasteiger partial charge in [0.15, 0.2) is 0 Å². The van der Waals surface area contributed by atoms with Gasteiger partial charge in [-0.1, -0.05) is 13.8 Å². The Bertz CT molecular complexity index is 1240. The van der Waals surface area contributed by atoms with Gasteiger partial charge in [0, 0.05) is 28.9 Å². The first-order valence-corrected chi connectivity index (χ1v) is 11.0. The summed E-state index contributed by atoms with van der Waals surface area (Å²) in [5, 5.41) is 1.17. The van der Waals surface area contributed by atoms with Crippen LogP contribution in [0.15, 0.2) is 35.3 Å². The molecule has 0 bridgehead atoms. The number of halogens is 1. The highest BCUT2D eigenvalue weighted by molar-refractivity contribution is 5.97. The first-order chi connectivity index (χ1) is 14.9. The van der Waals surface area contributed by atoms with Crippen LogP contribution < -0.4 is 0 Å². The van der Waals surface area contributed by atoms with E-state index in [9.17, 15) is 9.18 Å². The number of carbonyl (C=O) groups excluding carboxylic acids is 1. The van der Waals surface area contributed by atoms with E-state index in [1.54, 1.807) is 6.92 Å². The number of ether oxygens (including phenoxy) is 1. The minimum Gasteiger partial charge on any atom is -0.466 e. The Morgan fingerprint density at radius 2 is 2.10 bits per heavy atom. The van der Waals surface area contributed by atoms with Gasteiger partial charge in [-0.3, -0.25) is 9.79 Å². The van der Waals surface area contributed by atoms with Gasteiger partial charge in [-0.05, 0) is 78.8 Å². The number of carbonyl (C=O) groups is 1. The van der Waals surface area contributed by atoms with Crippen molar-refractivity contribution in [2.45, 2.75) is 52.5 Å². The molecule has 2 heterocycles. The third kappa shape index (κ3) is 3.18. The summed E-state index contributed by atoms with van der Waals surface area (Å²) in [6.45, 7) is 9.10. The van der Waals surface area contributed by atoms with Crippen LogP contribution in [0, 0.1) is 18.7 Å². The quantitative estimate of drug-likeness (QED) is 0.492. The smallest absolute Gasteiger partial charge is 0.309 e. The number of benzene rings is 2. The Labute approximate surface area is 181 Å². The lowest BCUT2D eigenvalue weighted by Crippen LogP contribution is -2.09. The molecule has 2 aromatic carbocycles. The van der Waals surface area contributed by atoms with E-state index in [4.69, 9.17) is 4.74 Å². The van der Waals surface area contributed by atoms with Crippen molar-refractivity contribution in [1.82, 2.24) is 4.57 Å². The number of hydrogen-bond donors (Lipinski definition) is 0. The zero-order chi connectivity index (χ0) is 21.9. The van der Waals surface area contributed by atoms with E-state index in [1.165, 1.54) is 28.3 Å². The molecule has 3 aromatic rings. The van der Waals surface area contributed by atoms with Crippen LogP contribution in [-0.4, -0.2) is 23.4 Å². The summed E-state index contributed by atoms with van der Waals surface area (Å²) >= 11 is 0. The molecule has 1 aliphatic carbocycles. The molecule has 0 saturated heterocycles. The largest absolute Gasteiger partial charge is 0.466 e. The van der Waals surface area contributed by atoms with Gasteiger partial charge in [0.2, 0.25) is 0 Å². The minimum atomic E-state index is -0.205. The van der Waals surface area contributed by atoms with Gasteiger partial charge in [-0.2, -0.15) is 0 Å². The molecule has 2 unspecified atom stereocenters. The van der Waals surface area contributed by atoms with Gasteiger partial charge in [0.1, 0.15) is 5.82 Å². The SMILES string of the molecule is CCOC(=O)C1CC1c1c(C(C)C)n(-c2ccc(F)c(C)c2)c2cc3c(cc12)CN=C3. The molecule has 5 rings (SSSR count). The number of hydrogen-bond acceptors (Lipinski definition) is 3. The lowest BCUT2D eigenvalue weighted by molar-refractivity contribution is -0.144. The van der Waals surface area contributed by atoms with Crippen molar-refractivity contribution in [2.24, 2.45) is 10.9 Å². The maximum absolute atomic E-state index is 14.0. The molecule has 31 heavy (non-hydrogen) atoms. The molecule has 1 fully saturated rings. The van der Waals surface area contributed by atoms with Crippen LogP contribution in [0.4, 0.5) is 4.39 Å². The molecule has 160 valence electrons. The molecule has 1 aliphatic heterocycles. The average molecular weight is 419 g/mol. The lowest BCUT2D eigenvalue weighted by atomic mass is 9.97. The molecule has 4 nitrogen and oxygen atoms in total. The van der Waals surface area contributed by atoms with Crippen LogP contribution in [-0.2, 0) is 16.1 Å². The molecule has 0 radical (unpaired) electrons. The van der Waals surface area contributed by atoms with E-state index in [0.717, 1.165) is 23.2 Å². The maximum atomic E-state index is 14.0. The van der Waals surface area contributed by atoms with Crippen molar-refractivity contribution in [3.05, 3.63) is 64.1 Å². The third-order valence-electron chi connectivity index (χ3n) is 6.49. The summed E-state index contributed by atoms with van der Waals surface area (Å²) in [5.74, 6) is -0.00728. The van der Waals surface area contributed by atoms with E-state index in [0.29, 0.717) is 18.7 Å². The number of aromatic nitrogens is 1.